The predicted molar refractivity (Wildman–Crippen MR) is 175 cm³/mol. The van der Waals surface area contributed by atoms with Crippen LogP contribution in [-0.4, -0.2) is 42.9 Å². The number of benzene rings is 3. The minimum Gasteiger partial charge on any atom is -0.493 e. The van der Waals surface area contributed by atoms with Crippen molar-refractivity contribution in [3.8, 4) is 23.0 Å². The van der Waals surface area contributed by atoms with Crippen molar-refractivity contribution in [2.45, 2.75) is 33.4 Å². The first-order valence-corrected chi connectivity index (χ1v) is 15.5. The van der Waals surface area contributed by atoms with Crippen molar-refractivity contribution in [3.63, 3.8) is 0 Å². The van der Waals surface area contributed by atoms with E-state index in [9.17, 15) is 19.7 Å². The van der Waals surface area contributed by atoms with E-state index in [1.165, 1.54) is 35.1 Å². The number of esters is 1. The van der Waals surface area contributed by atoms with E-state index in [0.29, 0.717) is 55.8 Å². The maximum Gasteiger partial charge on any atom is 0.338 e. The number of nitro benzene ring substituents is 1. The highest BCUT2D eigenvalue weighted by Gasteiger charge is 2.34. The average Bonchev–Trinajstić information content (AvgIpc) is 3.37. The van der Waals surface area contributed by atoms with Crippen LogP contribution in [0.3, 0.4) is 0 Å². The van der Waals surface area contributed by atoms with Gasteiger partial charge in [-0.25, -0.2) is 9.79 Å². The zero-order valence-electron chi connectivity index (χ0n) is 26.5. The van der Waals surface area contributed by atoms with Crippen LogP contribution < -0.4 is 33.8 Å². The molecule has 1 aromatic heterocycles. The number of methoxy groups -OCH3 is 2. The minimum absolute atomic E-state index is 0.00109. The number of non-ortho nitro benzene ring substituents is 1. The molecule has 5 rings (SSSR count). The Balaban J connectivity index is 1.53. The van der Waals surface area contributed by atoms with E-state index in [1.807, 2.05) is 6.92 Å². The molecule has 47 heavy (non-hydrogen) atoms. The smallest absolute Gasteiger partial charge is 0.338 e. The van der Waals surface area contributed by atoms with Gasteiger partial charge in [-0.3, -0.25) is 19.5 Å². The van der Waals surface area contributed by atoms with Crippen LogP contribution in [0.5, 0.6) is 23.0 Å². The van der Waals surface area contributed by atoms with Gasteiger partial charge in [-0.05, 0) is 79.9 Å². The molecule has 1 atom stereocenters. The lowest BCUT2D eigenvalue weighted by atomic mass is 9.95. The second-order valence-electron chi connectivity index (χ2n) is 10.3. The molecule has 3 aromatic carbocycles. The maximum atomic E-state index is 14.1. The number of nitrogens with zero attached hydrogens (tertiary/aromatic N) is 3. The quantitative estimate of drug-likeness (QED) is 0.120. The first-order chi connectivity index (χ1) is 22.7. The van der Waals surface area contributed by atoms with Crippen LogP contribution in [-0.2, 0) is 16.1 Å². The van der Waals surface area contributed by atoms with Gasteiger partial charge in [-0.2, -0.15) is 0 Å². The van der Waals surface area contributed by atoms with Crippen molar-refractivity contribution in [2.75, 3.05) is 27.4 Å². The van der Waals surface area contributed by atoms with Gasteiger partial charge < -0.3 is 23.7 Å². The topological polar surface area (TPSA) is 141 Å². The lowest BCUT2D eigenvalue weighted by Crippen LogP contribution is -2.40. The van der Waals surface area contributed by atoms with E-state index >= 15 is 0 Å². The normalized spacial score (nSPS) is 14.2. The zero-order chi connectivity index (χ0) is 33.7. The number of aromatic nitrogens is 1. The summed E-state index contributed by atoms with van der Waals surface area (Å²) in [7, 11) is 3.05. The molecule has 0 bridgehead atoms. The number of carbonyl (C=O) groups is 1. The Bertz CT molecular complexity index is 2030. The summed E-state index contributed by atoms with van der Waals surface area (Å²) in [6.07, 6.45) is 1.73. The molecule has 0 N–H and O–H groups in total. The standard InChI is InChI=1S/C34H33N3O9S/c1-6-44-28-18-23(11-15-25(28)42-4)31-30(33(39)45-7-2)20(3)35-34-36(31)32(38)29(47-34)17-22-10-14-26(27(16-22)43-5)46-19-21-8-12-24(13-9-21)37(40)41/h8-18,31H,6-7,19H2,1-5H3/b29-17-/t31-/m1/s1. The number of thiazole rings is 1. The Morgan fingerprint density at radius 2 is 1.68 bits per heavy atom. The number of hydrogen-bond donors (Lipinski definition) is 0. The Morgan fingerprint density at radius 3 is 2.34 bits per heavy atom. The molecule has 2 heterocycles. The van der Waals surface area contributed by atoms with Crippen molar-refractivity contribution in [1.82, 2.24) is 4.57 Å². The van der Waals surface area contributed by atoms with Gasteiger partial charge in [0.1, 0.15) is 6.61 Å². The fourth-order valence-electron chi connectivity index (χ4n) is 5.16. The Kier molecular flexibility index (Phi) is 10.0. The molecule has 0 amide bonds. The van der Waals surface area contributed by atoms with Gasteiger partial charge in [-0.1, -0.05) is 23.5 Å². The Morgan fingerprint density at radius 1 is 0.957 bits per heavy atom. The Labute approximate surface area is 273 Å². The fraction of sp³-hybridized carbons (Fsp3) is 0.265. The van der Waals surface area contributed by atoms with Crippen LogP contribution in [0.4, 0.5) is 5.69 Å². The van der Waals surface area contributed by atoms with Gasteiger partial charge in [0.25, 0.3) is 11.2 Å². The van der Waals surface area contributed by atoms with E-state index in [4.69, 9.17) is 23.7 Å². The van der Waals surface area contributed by atoms with Gasteiger partial charge in [0.05, 0.1) is 54.2 Å². The third-order valence-electron chi connectivity index (χ3n) is 7.35. The van der Waals surface area contributed by atoms with E-state index in [-0.39, 0.29) is 30.0 Å². The maximum absolute atomic E-state index is 14.1. The second kappa shape index (κ2) is 14.3. The van der Waals surface area contributed by atoms with Crippen molar-refractivity contribution < 1.29 is 33.4 Å². The minimum atomic E-state index is -0.817. The van der Waals surface area contributed by atoms with Crippen LogP contribution in [0.25, 0.3) is 6.08 Å². The number of carbonyl (C=O) groups excluding carboxylic acids is 1. The van der Waals surface area contributed by atoms with Crippen LogP contribution in [0.15, 0.2) is 81.7 Å². The molecular formula is C34H33N3O9S. The molecule has 0 saturated carbocycles. The van der Waals surface area contributed by atoms with Gasteiger partial charge >= 0.3 is 5.97 Å². The summed E-state index contributed by atoms with van der Waals surface area (Å²) >= 11 is 1.20. The van der Waals surface area contributed by atoms with Crippen LogP contribution in [0, 0.1) is 10.1 Å². The average molecular weight is 660 g/mol. The van der Waals surface area contributed by atoms with Gasteiger partial charge in [0.15, 0.2) is 27.8 Å². The summed E-state index contributed by atoms with van der Waals surface area (Å²) in [5, 5.41) is 10.9. The van der Waals surface area contributed by atoms with E-state index in [0.717, 1.165) is 5.56 Å². The zero-order valence-corrected chi connectivity index (χ0v) is 27.3. The molecule has 0 spiro atoms. The molecule has 13 heteroatoms. The van der Waals surface area contributed by atoms with Gasteiger partial charge in [-0.15, -0.1) is 0 Å². The summed E-state index contributed by atoms with van der Waals surface area (Å²) in [6.45, 7) is 6.03. The van der Waals surface area contributed by atoms with E-state index in [2.05, 4.69) is 4.99 Å². The van der Waals surface area contributed by atoms with Crippen LogP contribution >= 0.6 is 11.3 Å². The number of hydrogen-bond acceptors (Lipinski definition) is 11. The summed E-state index contributed by atoms with van der Waals surface area (Å²) < 4.78 is 30.0. The highest BCUT2D eigenvalue weighted by atomic mass is 32.1. The second-order valence-corrected chi connectivity index (χ2v) is 11.3. The SMILES string of the molecule is CCOC(=O)C1=C(C)N=c2s/c(=C\c3ccc(OCc4ccc([N+](=O)[O-])cc4)c(OC)c3)c(=O)n2[C@@H]1c1ccc(OC)c(OCC)c1. The van der Waals surface area contributed by atoms with Gasteiger partial charge in [0, 0.05) is 12.1 Å². The molecule has 0 unspecified atom stereocenters. The number of nitro groups is 1. The molecule has 0 radical (unpaired) electrons. The summed E-state index contributed by atoms with van der Waals surface area (Å²) in [6, 6.07) is 15.8. The predicted octanol–water partition coefficient (Wildman–Crippen LogP) is 4.70. The number of fused-ring (bicyclic) bond motifs is 1. The van der Waals surface area contributed by atoms with Crippen molar-refractivity contribution >= 4 is 29.1 Å². The number of rotatable bonds is 12. The molecule has 0 aliphatic carbocycles. The number of allylic oxidation sites excluding steroid dienone is 1. The monoisotopic (exact) mass is 659 g/mol. The van der Waals surface area contributed by atoms with Crippen LogP contribution in [0.1, 0.15) is 43.5 Å². The summed E-state index contributed by atoms with van der Waals surface area (Å²) in [5.74, 6) is 1.35. The molecular weight excluding hydrogens is 626 g/mol. The van der Waals surface area contributed by atoms with Crippen molar-refractivity contribution in [2.24, 2.45) is 4.99 Å². The highest BCUT2D eigenvalue weighted by molar-refractivity contribution is 7.07. The van der Waals surface area contributed by atoms with E-state index in [1.54, 1.807) is 75.6 Å². The summed E-state index contributed by atoms with van der Waals surface area (Å²) in [5.41, 5.74) is 2.44. The van der Waals surface area contributed by atoms with Crippen LogP contribution in [0.2, 0.25) is 0 Å². The van der Waals surface area contributed by atoms with Crippen molar-refractivity contribution in [1.29, 1.82) is 0 Å². The lowest BCUT2D eigenvalue weighted by Gasteiger charge is -2.25. The number of ether oxygens (including phenoxy) is 5. The Hall–Kier alpha value is -5.43. The third kappa shape index (κ3) is 6.89. The molecule has 12 nitrogen and oxygen atoms in total. The molecule has 4 aromatic rings. The molecule has 1 aliphatic heterocycles. The molecule has 0 fully saturated rings. The molecule has 244 valence electrons. The first-order valence-electron chi connectivity index (χ1n) is 14.7. The fourth-order valence-corrected chi connectivity index (χ4v) is 6.20. The van der Waals surface area contributed by atoms with Gasteiger partial charge in [0.2, 0.25) is 0 Å². The lowest BCUT2D eigenvalue weighted by molar-refractivity contribution is -0.384. The third-order valence-corrected chi connectivity index (χ3v) is 8.33. The van der Waals surface area contributed by atoms with Crippen molar-refractivity contribution in [3.05, 3.63) is 118 Å². The summed E-state index contributed by atoms with van der Waals surface area (Å²) in [4.78, 5) is 42.9. The highest BCUT2D eigenvalue weighted by Crippen LogP contribution is 2.36. The largest absolute Gasteiger partial charge is 0.493 e. The van der Waals surface area contributed by atoms with E-state index < -0.39 is 16.9 Å². The molecule has 0 saturated heterocycles. The first kappa shape index (κ1) is 32.9. The molecule has 1 aliphatic rings.